The van der Waals surface area contributed by atoms with E-state index in [2.05, 4.69) is 15.6 Å². The SMILES string of the molecule is CCNC(=O)Nc1ccc(Oc2nc3cc(O)c(C(N)=O)cc3cc2Cl)cc1. The Labute approximate surface area is 165 Å². The number of rotatable bonds is 5. The number of carbonyl (C=O) groups excluding carboxylic acids is 2. The van der Waals surface area contributed by atoms with E-state index in [1.165, 1.54) is 12.1 Å². The number of phenols is 1. The molecule has 2 aromatic carbocycles. The van der Waals surface area contributed by atoms with Gasteiger partial charge in [-0.15, -0.1) is 0 Å². The van der Waals surface area contributed by atoms with Gasteiger partial charge >= 0.3 is 6.03 Å². The first kappa shape index (κ1) is 19.2. The largest absolute Gasteiger partial charge is 0.507 e. The number of amides is 3. The summed E-state index contributed by atoms with van der Waals surface area (Å²) >= 11 is 6.23. The van der Waals surface area contributed by atoms with Crippen LogP contribution in [0.25, 0.3) is 10.9 Å². The molecule has 1 heterocycles. The fraction of sp³-hybridized carbons (Fsp3) is 0.105. The molecule has 0 fully saturated rings. The summed E-state index contributed by atoms with van der Waals surface area (Å²) in [6.07, 6.45) is 0. The molecule has 9 heteroatoms. The van der Waals surface area contributed by atoms with Gasteiger partial charge in [-0.25, -0.2) is 9.78 Å². The topological polar surface area (TPSA) is 127 Å². The van der Waals surface area contributed by atoms with Crippen LogP contribution in [0.5, 0.6) is 17.4 Å². The lowest BCUT2D eigenvalue weighted by Crippen LogP contribution is -2.28. The third kappa shape index (κ3) is 4.24. The molecule has 8 nitrogen and oxygen atoms in total. The minimum absolute atomic E-state index is 0.0192. The molecule has 3 amide bonds. The van der Waals surface area contributed by atoms with E-state index in [1.54, 1.807) is 30.3 Å². The molecule has 0 aliphatic heterocycles. The van der Waals surface area contributed by atoms with Gasteiger partial charge in [0.2, 0.25) is 5.88 Å². The molecule has 3 rings (SSSR count). The number of pyridine rings is 1. The van der Waals surface area contributed by atoms with Gasteiger partial charge in [0.05, 0.1) is 11.1 Å². The molecule has 3 aromatic rings. The van der Waals surface area contributed by atoms with Crippen LogP contribution >= 0.6 is 11.6 Å². The Morgan fingerprint density at radius 2 is 1.93 bits per heavy atom. The van der Waals surface area contributed by atoms with E-state index in [-0.39, 0.29) is 28.2 Å². The van der Waals surface area contributed by atoms with E-state index >= 15 is 0 Å². The maximum Gasteiger partial charge on any atom is 0.319 e. The summed E-state index contributed by atoms with van der Waals surface area (Å²) in [6.45, 7) is 2.35. The lowest BCUT2D eigenvalue weighted by molar-refractivity contribution is 0.0998. The van der Waals surface area contributed by atoms with Crippen molar-refractivity contribution in [1.29, 1.82) is 0 Å². The van der Waals surface area contributed by atoms with Crippen LogP contribution in [0.2, 0.25) is 5.02 Å². The summed E-state index contributed by atoms with van der Waals surface area (Å²) in [6, 6.07) is 10.6. The summed E-state index contributed by atoms with van der Waals surface area (Å²) in [5.74, 6) is -0.447. The molecule has 0 unspecified atom stereocenters. The first-order chi connectivity index (χ1) is 13.4. The highest BCUT2D eigenvalue weighted by molar-refractivity contribution is 6.32. The number of urea groups is 1. The van der Waals surface area contributed by atoms with Crippen molar-refractivity contribution in [3.8, 4) is 17.4 Å². The molecule has 1 aromatic heterocycles. The van der Waals surface area contributed by atoms with Crippen molar-refractivity contribution in [1.82, 2.24) is 10.3 Å². The number of fused-ring (bicyclic) bond motifs is 1. The second-order valence-corrected chi connectivity index (χ2v) is 6.22. The van der Waals surface area contributed by atoms with Crippen LogP contribution in [-0.4, -0.2) is 28.6 Å². The van der Waals surface area contributed by atoms with Gasteiger partial charge in [0.15, 0.2) is 0 Å². The second-order valence-electron chi connectivity index (χ2n) is 5.81. The summed E-state index contributed by atoms with van der Waals surface area (Å²) in [7, 11) is 0. The molecular weight excluding hydrogens is 384 g/mol. The zero-order chi connectivity index (χ0) is 20.3. The van der Waals surface area contributed by atoms with Crippen LogP contribution in [0.4, 0.5) is 10.5 Å². The number of primary amides is 1. The quantitative estimate of drug-likeness (QED) is 0.520. The molecule has 0 saturated heterocycles. The van der Waals surface area contributed by atoms with Crippen LogP contribution in [-0.2, 0) is 0 Å². The van der Waals surface area contributed by atoms with Crippen molar-refractivity contribution in [3.05, 3.63) is 53.1 Å². The highest BCUT2D eigenvalue weighted by Crippen LogP contribution is 2.33. The molecule has 144 valence electrons. The number of ether oxygens (including phenoxy) is 1. The Hall–Kier alpha value is -3.52. The van der Waals surface area contributed by atoms with Crippen LogP contribution in [0.15, 0.2) is 42.5 Å². The molecule has 0 aliphatic carbocycles. The van der Waals surface area contributed by atoms with Gasteiger partial charge in [-0.1, -0.05) is 11.6 Å². The number of benzene rings is 2. The Morgan fingerprint density at radius 1 is 1.21 bits per heavy atom. The lowest BCUT2D eigenvalue weighted by Gasteiger charge is -2.10. The molecule has 5 N–H and O–H groups in total. The van der Waals surface area contributed by atoms with E-state index in [0.29, 0.717) is 28.9 Å². The number of aromatic hydroxyl groups is 1. The maximum atomic E-state index is 11.5. The van der Waals surface area contributed by atoms with Gasteiger partial charge in [-0.3, -0.25) is 4.79 Å². The first-order valence-corrected chi connectivity index (χ1v) is 8.71. The van der Waals surface area contributed by atoms with Gasteiger partial charge in [-0.05, 0) is 43.3 Å². The van der Waals surface area contributed by atoms with Gasteiger partial charge < -0.3 is 26.2 Å². The second kappa shape index (κ2) is 8.01. The van der Waals surface area contributed by atoms with Crippen molar-refractivity contribution < 1.29 is 19.4 Å². The smallest absolute Gasteiger partial charge is 0.319 e. The van der Waals surface area contributed by atoms with Crippen molar-refractivity contribution in [2.24, 2.45) is 5.73 Å². The lowest BCUT2D eigenvalue weighted by atomic mass is 10.1. The molecule has 0 bridgehead atoms. The fourth-order valence-electron chi connectivity index (χ4n) is 2.49. The number of hydrogen-bond acceptors (Lipinski definition) is 5. The van der Waals surface area contributed by atoms with Gasteiger partial charge in [-0.2, -0.15) is 0 Å². The van der Waals surface area contributed by atoms with Crippen LogP contribution < -0.4 is 21.1 Å². The van der Waals surface area contributed by atoms with Crippen molar-refractivity contribution in [3.63, 3.8) is 0 Å². The Morgan fingerprint density at radius 3 is 2.57 bits per heavy atom. The predicted octanol–water partition coefficient (Wildman–Crippen LogP) is 3.63. The van der Waals surface area contributed by atoms with Gasteiger partial charge in [0.25, 0.3) is 5.91 Å². The van der Waals surface area contributed by atoms with Crippen LogP contribution in [0.3, 0.4) is 0 Å². The molecule has 0 radical (unpaired) electrons. The number of nitrogens with zero attached hydrogens (tertiary/aromatic N) is 1. The summed E-state index contributed by atoms with van der Waals surface area (Å²) in [4.78, 5) is 27.1. The van der Waals surface area contributed by atoms with Crippen molar-refractivity contribution in [2.75, 3.05) is 11.9 Å². The Kier molecular flexibility index (Phi) is 5.51. The molecule has 0 spiro atoms. The fourth-order valence-corrected chi connectivity index (χ4v) is 2.69. The van der Waals surface area contributed by atoms with Crippen molar-refractivity contribution in [2.45, 2.75) is 6.92 Å². The van der Waals surface area contributed by atoms with E-state index in [1.807, 2.05) is 6.92 Å². The summed E-state index contributed by atoms with van der Waals surface area (Å²) < 4.78 is 5.70. The van der Waals surface area contributed by atoms with E-state index in [4.69, 9.17) is 22.1 Å². The number of halogens is 1. The Balaban J connectivity index is 1.84. The van der Waals surface area contributed by atoms with Crippen LogP contribution in [0, 0.1) is 0 Å². The standard InChI is InChI=1S/C19H17ClN4O4/c1-2-22-19(27)23-11-3-5-12(6-4-11)28-18-14(20)8-10-7-13(17(21)26)16(25)9-15(10)24-18/h3-9,25H,2H2,1H3,(H2,21,26)(H2,22,23,27). The highest BCUT2D eigenvalue weighted by Gasteiger charge is 2.13. The normalized spacial score (nSPS) is 10.5. The number of carbonyl (C=O) groups is 2. The van der Waals surface area contributed by atoms with E-state index in [0.717, 1.165) is 0 Å². The van der Waals surface area contributed by atoms with Crippen molar-refractivity contribution >= 4 is 40.1 Å². The number of anilines is 1. The zero-order valence-corrected chi connectivity index (χ0v) is 15.6. The summed E-state index contributed by atoms with van der Waals surface area (Å²) in [5, 5.41) is 16.0. The third-order valence-electron chi connectivity index (χ3n) is 3.78. The van der Waals surface area contributed by atoms with Gasteiger partial charge in [0, 0.05) is 23.7 Å². The number of hydrogen-bond donors (Lipinski definition) is 4. The molecule has 0 aliphatic rings. The Bertz CT molecular complexity index is 1050. The highest BCUT2D eigenvalue weighted by atomic mass is 35.5. The molecular formula is C19H17ClN4O4. The molecule has 0 saturated carbocycles. The van der Waals surface area contributed by atoms with Gasteiger partial charge in [0.1, 0.15) is 16.5 Å². The monoisotopic (exact) mass is 400 g/mol. The number of nitrogens with one attached hydrogen (secondary N) is 2. The zero-order valence-electron chi connectivity index (χ0n) is 14.8. The minimum Gasteiger partial charge on any atom is -0.507 e. The maximum absolute atomic E-state index is 11.5. The predicted molar refractivity (Wildman–Crippen MR) is 106 cm³/mol. The third-order valence-corrected chi connectivity index (χ3v) is 4.05. The number of aromatic nitrogens is 1. The summed E-state index contributed by atoms with van der Waals surface area (Å²) in [5.41, 5.74) is 6.19. The van der Waals surface area contributed by atoms with E-state index in [9.17, 15) is 14.7 Å². The minimum atomic E-state index is -0.753. The molecule has 28 heavy (non-hydrogen) atoms. The van der Waals surface area contributed by atoms with E-state index < -0.39 is 5.91 Å². The van der Waals surface area contributed by atoms with Crippen LogP contribution in [0.1, 0.15) is 17.3 Å². The first-order valence-electron chi connectivity index (χ1n) is 8.33. The average molecular weight is 401 g/mol. The number of nitrogens with two attached hydrogens (primary N) is 1. The molecule has 0 atom stereocenters. The average Bonchev–Trinajstić information content (AvgIpc) is 2.64.